The summed E-state index contributed by atoms with van der Waals surface area (Å²) in [6.07, 6.45) is 0. The Labute approximate surface area is 93.1 Å². The average molecular weight is 214 g/mol. The molecule has 1 rings (SSSR count). The van der Waals surface area contributed by atoms with Crippen molar-refractivity contribution in [1.29, 1.82) is 0 Å². The van der Waals surface area contributed by atoms with Crippen molar-refractivity contribution in [3.05, 3.63) is 0 Å². The minimum Gasteiger partial charge on any atom is -0.362 e. The summed E-state index contributed by atoms with van der Waals surface area (Å²) in [7, 11) is 0. The Morgan fingerprint density at radius 3 is 2.29 bits per heavy atom. The predicted octanol–water partition coefficient (Wildman–Crippen LogP) is 2.10. The number of nitrogens with one attached hydrogen (secondary N) is 1. The van der Waals surface area contributed by atoms with Crippen LogP contribution in [0.2, 0.25) is 0 Å². The lowest BCUT2D eigenvalue weighted by Gasteiger charge is -2.21. The monoisotopic (exact) mass is 214 g/mol. The van der Waals surface area contributed by atoms with Gasteiger partial charge in [-0.3, -0.25) is 0 Å². The molecule has 1 aliphatic rings. The Kier molecular flexibility index (Phi) is 4.17. The highest BCUT2D eigenvalue weighted by molar-refractivity contribution is 7.80. The molecule has 0 saturated carbocycles. The summed E-state index contributed by atoms with van der Waals surface area (Å²) in [6, 6.07) is 0. The molecule has 1 fully saturated rings. The van der Waals surface area contributed by atoms with E-state index in [1.165, 1.54) is 0 Å². The molecule has 14 heavy (non-hydrogen) atoms. The van der Waals surface area contributed by atoms with Crippen LogP contribution in [0.5, 0.6) is 0 Å². The van der Waals surface area contributed by atoms with E-state index < -0.39 is 0 Å². The van der Waals surface area contributed by atoms with Gasteiger partial charge in [0.15, 0.2) is 5.11 Å². The summed E-state index contributed by atoms with van der Waals surface area (Å²) in [5.41, 5.74) is 0. The van der Waals surface area contributed by atoms with Crippen molar-refractivity contribution in [2.24, 2.45) is 17.8 Å². The van der Waals surface area contributed by atoms with Gasteiger partial charge in [0, 0.05) is 19.6 Å². The maximum absolute atomic E-state index is 5.35. The van der Waals surface area contributed by atoms with Crippen LogP contribution in [0, 0.1) is 17.8 Å². The molecule has 2 unspecified atom stereocenters. The zero-order valence-electron chi connectivity index (χ0n) is 9.71. The Morgan fingerprint density at radius 1 is 1.36 bits per heavy atom. The van der Waals surface area contributed by atoms with E-state index in [2.05, 4.69) is 37.9 Å². The van der Waals surface area contributed by atoms with E-state index in [0.717, 1.165) is 36.6 Å². The Balaban J connectivity index is 2.32. The van der Waals surface area contributed by atoms with Gasteiger partial charge in [0.25, 0.3) is 0 Å². The fourth-order valence-electron chi connectivity index (χ4n) is 1.70. The molecule has 0 aromatic carbocycles. The number of rotatable bonds is 2. The molecule has 3 heteroatoms. The van der Waals surface area contributed by atoms with Gasteiger partial charge in [-0.25, -0.2) is 0 Å². The third-order valence-corrected chi connectivity index (χ3v) is 3.34. The van der Waals surface area contributed by atoms with Crippen LogP contribution in [0.25, 0.3) is 0 Å². The van der Waals surface area contributed by atoms with Crippen molar-refractivity contribution in [3.8, 4) is 0 Å². The highest BCUT2D eigenvalue weighted by Crippen LogP contribution is 2.21. The number of likely N-dealkylation sites (tertiary alicyclic amines) is 1. The summed E-state index contributed by atoms with van der Waals surface area (Å²) in [5, 5.41) is 4.26. The zero-order valence-corrected chi connectivity index (χ0v) is 10.5. The molecule has 2 nitrogen and oxygen atoms in total. The molecule has 0 amide bonds. The van der Waals surface area contributed by atoms with E-state index in [4.69, 9.17) is 12.2 Å². The molecule has 1 saturated heterocycles. The van der Waals surface area contributed by atoms with Crippen LogP contribution < -0.4 is 5.32 Å². The lowest BCUT2D eigenvalue weighted by Crippen LogP contribution is -2.39. The highest BCUT2D eigenvalue weighted by atomic mass is 32.1. The van der Waals surface area contributed by atoms with Crippen molar-refractivity contribution in [3.63, 3.8) is 0 Å². The highest BCUT2D eigenvalue weighted by Gasteiger charge is 2.27. The number of hydrogen-bond acceptors (Lipinski definition) is 1. The quantitative estimate of drug-likeness (QED) is 0.709. The van der Waals surface area contributed by atoms with Gasteiger partial charge in [0.1, 0.15) is 0 Å². The third kappa shape index (κ3) is 3.12. The van der Waals surface area contributed by atoms with E-state index in [9.17, 15) is 0 Å². The van der Waals surface area contributed by atoms with Gasteiger partial charge in [-0.15, -0.1) is 0 Å². The minimum atomic E-state index is 0.658. The van der Waals surface area contributed by atoms with Crippen LogP contribution in [-0.2, 0) is 0 Å². The predicted molar refractivity (Wildman–Crippen MR) is 65.3 cm³/mol. The van der Waals surface area contributed by atoms with E-state index in [0.29, 0.717) is 5.92 Å². The van der Waals surface area contributed by atoms with Crippen molar-refractivity contribution in [2.75, 3.05) is 19.6 Å². The molecule has 2 atom stereocenters. The van der Waals surface area contributed by atoms with E-state index in [-0.39, 0.29) is 0 Å². The SMILES string of the molecule is CC(C)CNC(=S)N1CC(C)C(C)C1. The molecular formula is C11H22N2S. The van der Waals surface area contributed by atoms with Gasteiger partial charge in [0.2, 0.25) is 0 Å². The molecule has 1 aliphatic heterocycles. The van der Waals surface area contributed by atoms with Crippen molar-refractivity contribution >= 4 is 17.3 Å². The number of thiocarbonyl (C=S) groups is 1. The van der Waals surface area contributed by atoms with Gasteiger partial charge >= 0.3 is 0 Å². The molecule has 0 radical (unpaired) electrons. The maximum Gasteiger partial charge on any atom is 0.168 e. The van der Waals surface area contributed by atoms with E-state index >= 15 is 0 Å². The van der Waals surface area contributed by atoms with Crippen LogP contribution in [-0.4, -0.2) is 29.6 Å². The lowest BCUT2D eigenvalue weighted by molar-refractivity contribution is 0.474. The molecule has 82 valence electrons. The van der Waals surface area contributed by atoms with Gasteiger partial charge in [0.05, 0.1) is 0 Å². The first-order valence-electron chi connectivity index (χ1n) is 5.53. The summed E-state index contributed by atoms with van der Waals surface area (Å²) in [4.78, 5) is 2.30. The fourth-order valence-corrected chi connectivity index (χ4v) is 1.93. The average Bonchev–Trinajstić information content (AvgIpc) is 2.43. The lowest BCUT2D eigenvalue weighted by atomic mass is 10.0. The summed E-state index contributed by atoms with van der Waals surface area (Å²) >= 11 is 5.35. The van der Waals surface area contributed by atoms with Gasteiger partial charge in [-0.05, 0) is 30.0 Å². The standard InChI is InChI=1S/C11H22N2S/c1-8(2)5-12-11(14)13-6-9(3)10(4)7-13/h8-10H,5-7H2,1-4H3,(H,12,14). The van der Waals surface area contributed by atoms with E-state index in [1.807, 2.05) is 0 Å². The second kappa shape index (κ2) is 4.96. The molecule has 1 N–H and O–H groups in total. The van der Waals surface area contributed by atoms with Crippen LogP contribution in [0.4, 0.5) is 0 Å². The summed E-state index contributed by atoms with van der Waals surface area (Å²) in [5.74, 6) is 2.20. The molecule has 0 aromatic rings. The third-order valence-electron chi connectivity index (χ3n) is 2.94. The largest absolute Gasteiger partial charge is 0.362 e. The first-order valence-corrected chi connectivity index (χ1v) is 5.94. The normalized spacial score (nSPS) is 27.1. The van der Waals surface area contributed by atoms with Crippen molar-refractivity contribution in [2.45, 2.75) is 27.7 Å². The van der Waals surface area contributed by atoms with Crippen LogP contribution in [0.15, 0.2) is 0 Å². The number of hydrogen-bond donors (Lipinski definition) is 1. The van der Waals surface area contributed by atoms with Crippen molar-refractivity contribution in [1.82, 2.24) is 10.2 Å². The van der Waals surface area contributed by atoms with Gasteiger partial charge < -0.3 is 10.2 Å². The molecule has 0 bridgehead atoms. The Hall–Kier alpha value is -0.310. The minimum absolute atomic E-state index is 0.658. The van der Waals surface area contributed by atoms with Crippen LogP contribution in [0.3, 0.4) is 0 Å². The summed E-state index contributed by atoms with van der Waals surface area (Å²) < 4.78 is 0. The van der Waals surface area contributed by atoms with Crippen LogP contribution in [0.1, 0.15) is 27.7 Å². The first-order chi connectivity index (χ1) is 6.50. The smallest absolute Gasteiger partial charge is 0.168 e. The second-order valence-electron chi connectivity index (χ2n) is 4.94. The maximum atomic E-state index is 5.35. The molecular weight excluding hydrogens is 192 g/mol. The van der Waals surface area contributed by atoms with Crippen molar-refractivity contribution < 1.29 is 0 Å². The van der Waals surface area contributed by atoms with Gasteiger partial charge in [-0.1, -0.05) is 27.7 Å². The molecule has 0 spiro atoms. The van der Waals surface area contributed by atoms with Gasteiger partial charge in [-0.2, -0.15) is 0 Å². The zero-order chi connectivity index (χ0) is 10.7. The topological polar surface area (TPSA) is 15.3 Å². The Morgan fingerprint density at radius 2 is 1.86 bits per heavy atom. The van der Waals surface area contributed by atoms with E-state index in [1.54, 1.807) is 0 Å². The van der Waals surface area contributed by atoms with Crippen LogP contribution >= 0.6 is 12.2 Å². The molecule has 0 aliphatic carbocycles. The molecule has 0 aromatic heterocycles. The Bertz CT molecular complexity index is 193. The fraction of sp³-hybridized carbons (Fsp3) is 0.909. The summed E-state index contributed by atoms with van der Waals surface area (Å²) in [6.45, 7) is 12.2. The first kappa shape index (κ1) is 11.8. The second-order valence-corrected chi connectivity index (χ2v) is 5.33. The number of nitrogens with zero attached hydrogens (tertiary/aromatic N) is 1. The molecule has 1 heterocycles.